The summed E-state index contributed by atoms with van der Waals surface area (Å²) in [6, 6.07) is 0. The first-order valence-corrected chi connectivity index (χ1v) is 7.54. The van der Waals surface area contributed by atoms with E-state index in [4.69, 9.17) is 18.0 Å². The van der Waals surface area contributed by atoms with Crippen LogP contribution in [-0.2, 0) is 0 Å². The van der Waals surface area contributed by atoms with Gasteiger partial charge in [0.1, 0.15) is 4.88 Å². The van der Waals surface area contributed by atoms with Gasteiger partial charge in [-0.25, -0.2) is 0 Å². The number of thiocarbonyl (C=S) groups is 1. The molecule has 7 heteroatoms. The van der Waals surface area contributed by atoms with Crippen molar-refractivity contribution in [3.63, 3.8) is 0 Å². The van der Waals surface area contributed by atoms with E-state index in [-0.39, 0.29) is 5.91 Å². The normalized spacial score (nSPS) is 26.9. The zero-order chi connectivity index (χ0) is 14.0. The van der Waals surface area contributed by atoms with Gasteiger partial charge in [-0.1, -0.05) is 23.6 Å². The molecule has 0 radical (unpaired) electrons. The number of aromatic nitrogens is 2. The fraction of sp³-hybridized carbons (Fsp3) is 0.667. The lowest BCUT2D eigenvalue weighted by atomic mass is 9.77. The first kappa shape index (κ1) is 14.3. The van der Waals surface area contributed by atoms with Crippen LogP contribution in [0.5, 0.6) is 0 Å². The Bertz CT molecular complexity index is 492. The van der Waals surface area contributed by atoms with Crippen molar-refractivity contribution in [3.8, 4) is 0 Å². The van der Waals surface area contributed by atoms with Crippen LogP contribution < -0.4 is 11.1 Å². The van der Waals surface area contributed by atoms with Gasteiger partial charge in [-0.05, 0) is 50.1 Å². The predicted molar refractivity (Wildman–Crippen MR) is 79.3 cm³/mol. The Morgan fingerprint density at radius 2 is 2.16 bits per heavy atom. The second-order valence-electron chi connectivity index (χ2n) is 5.27. The van der Waals surface area contributed by atoms with E-state index in [1.165, 1.54) is 0 Å². The first-order chi connectivity index (χ1) is 8.94. The summed E-state index contributed by atoms with van der Waals surface area (Å²) in [7, 11) is 0. The van der Waals surface area contributed by atoms with Crippen molar-refractivity contribution >= 4 is 34.6 Å². The number of carbonyl (C=O) groups is 1. The lowest BCUT2D eigenvalue weighted by molar-refractivity contribution is 0.0904. The van der Waals surface area contributed by atoms with Crippen molar-refractivity contribution in [3.05, 3.63) is 10.6 Å². The Balaban J connectivity index is 2.16. The Morgan fingerprint density at radius 3 is 2.63 bits per heavy atom. The summed E-state index contributed by atoms with van der Waals surface area (Å²) in [5.41, 5.74) is 5.97. The van der Waals surface area contributed by atoms with Crippen LogP contribution in [0.1, 0.15) is 48.0 Å². The molecule has 1 aliphatic carbocycles. The number of hydrogen-bond acceptors (Lipinski definition) is 5. The van der Waals surface area contributed by atoms with E-state index >= 15 is 0 Å². The maximum atomic E-state index is 12.3. The molecule has 0 atom stereocenters. The summed E-state index contributed by atoms with van der Waals surface area (Å²) in [5, 5.41) is 6.87. The number of nitrogens with zero attached hydrogens (tertiary/aromatic N) is 2. The summed E-state index contributed by atoms with van der Waals surface area (Å²) in [6.07, 6.45) is 3.66. The SMILES string of the molecule is Cc1nnsc1C(=O)NC1(C(N)=S)CCC(C)CC1. The van der Waals surface area contributed by atoms with Crippen LogP contribution in [0.25, 0.3) is 0 Å². The molecule has 1 aromatic heterocycles. The Hall–Kier alpha value is -1.08. The molecule has 3 N–H and O–H groups in total. The zero-order valence-electron chi connectivity index (χ0n) is 11.1. The van der Waals surface area contributed by atoms with Crippen LogP contribution in [0.2, 0.25) is 0 Å². The van der Waals surface area contributed by atoms with Gasteiger partial charge in [0.2, 0.25) is 0 Å². The second-order valence-corrected chi connectivity index (χ2v) is 6.46. The molecule has 19 heavy (non-hydrogen) atoms. The smallest absolute Gasteiger partial charge is 0.265 e. The van der Waals surface area contributed by atoms with E-state index < -0.39 is 5.54 Å². The average Bonchev–Trinajstić information content (AvgIpc) is 2.78. The lowest BCUT2D eigenvalue weighted by Crippen LogP contribution is -2.58. The molecule has 1 heterocycles. The number of nitrogens with two attached hydrogens (primary N) is 1. The number of amides is 1. The maximum absolute atomic E-state index is 12.3. The highest BCUT2D eigenvalue weighted by Crippen LogP contribution is 2.32. The molecule has 1 fully saturated rings. The fourth-order valence-electron chi connectivity index (χ4n) is 2.40. The Labute approximate surface area is 122 Å². The molecular formula is C12H18N4OS2. The maximum Gasteiger partial charge on any atom is 0.265 e. The van der Waals surface area contributed by atoms with E-state index in [0.717, 1.165) is 37.2 Å². The molecule has 5 nitrogen and oxygen atoms in total. The molecular weight excluding hydrogens is 280 g/mol. The molecule has 0 saturated heterocycles. The van der Waals surface area contributed by atoms with E-state index in [2.05, 4.69) is 21.8 Å². The monoisotopic (exact) mass is 298 g/mol. The van der Waals surface area contributed by atoms with Crippen LogP contribution in [0, 0.1) is 12.8 Å². The third kappa shape index (κ3) is 2.92. The van der Waals surface area contributed by atoms with Crippen molar-refractivity contribution in [1.82, 2.24) is 14.9 Å². The van der Waals surface area contributed by atoms with Gasteiger partial charge < -0.3 is 11.1 Å². The van der Waals surface area contributed by atoms with Crippen molar-refractivity contribution in [2.45, 2.75) is 45.1 Å². The predicted octanol–water partition coefficient (Wildman–Crippen LogP) is 1.81. The van der Waals surface area contributed by atoms with Crippen LogP contribution in [-0.4, -0.2) is 26.0 Å². The highest BCUT2D eigenvalue weighted by molar-refractivity contribution is 7.80. The van der Waals surface area contributed by atoms with Crippen molar-refractivity contribution in [2.75, 3.05) is 0 Å². The molecule has 0 spiro atoms. The Kier molecular flexibility index (Phi) is 4.15. The first-order valence-electron chi connectivity index (χ1n) is 6.36. The van der Waals surface area contributed by atoms with Crippen molar-refractivity contribution < 1.29 is 4.79 Å². The molecule has 1 aromatic rings. The van der Waals surface area contributed by atoms with E-state index in [0.29, 0.717) is 21.5 Å². The minimum atomic E-state index is -0.546. The van der Waals surface area contributed by atoms with Gasteiger partial charge in [0.05, 0.1) is 16.2 Å². The van der Waals surface area contributed by atoms with Crippen molar-refractivity contribution in [2.24, 2.45) is 11.7 Å². The molecule has 2 rings (SSSR count). The molecule has 104 valence electrons. The summed E-state index contributed by atoms with van der Waals surface area (Å²) in [5.74, 6) is 0.487. The molecule has 1 amide bonds. The van der Waals surface area contributed by atoms with Crippen LogP contribution in [0.15, 0.2) is 0 Å². The van der Waals surface area contributed by atoms with Gasteiger partial charge in [-0.2, -0.15) is 0 Å². The average molecular weight is 298 g/mol. The topological polar surface area (TPSA) is 80.9 Å². The molecule has 0 unspecified atom stereocenters. The van der Waals surface area contributed by atoms with Gasteiger partial charge in [0, 0.05) is 0 Å². The van der Waals surface area contributed by atoms with E-state index in [1.54, 1.807) is 6.92 Å². The van der Waals surface area contributed by atoms with E-state index in [1.807, 2.05) is 0 Å². The minimum absolute atomic E-state index is 0.171. The second kappa shape index (κ2) is 5.50. The summed E-state index contributed by atoms with van der Waals surface area (Å²) >= 11 is 6.28. The quantitative estimate of drug-likeness (QED) is 0.832. The third-order valence-electron chi connectivity index (χ3n) is 3.81. The largest absolute Gasteiger partial charge is 0.391 e. The number of nitrogens with one attached hydrogen (secondary N) is 1. The molecule has 1 saturated carbocycles. The van der Waals surface area contributed by atoms with Crippen LogP contribution in [0.4, 0.5) is 0 Å². The Morgan fingerprint density at radius 1 is 1.53 bits per heavy atom. The van der Waals surface area contributed by atoms with Gasteiger partial charge in [-0.3, -0.25) is 4.79 Å². The van der Waals surface area contributed by atoms with Crippen LogP contribution >= 0.6 is 23.8 Å². The van der Waals surface area contributed by atoms with Crippen molar-refractivity contribution in [1.29, 1.82) is 0 Å². The number of rotatable bonds is 3. The number of aryl methyl sites for hydroxylation is 1. The molecule has 0 bridgehead atoms. The van der Waals surface area contributed by atoms with Gasteiger partial charge >= 0.3 is 0 Å². The highest BCUT2D eigenvalue weighted by Gasteiger charge is 2.39. The molecule has 0 aliphatic heterocycles. The fourth-order valence-corrected chi connectivity index (χ4v) is 3.21. The van der Waals surface area contributed by atoms with Gasteiger partial charge in [-0.15, -0.1) is 5.10 Å². The van der Waals surface area contributed by atoms with Gasteiger partial charge in [0.25, 0.3) is 5.91 Å². The number of hydrogen-bond donors (Lipinski definition) is 2. The van der Waals surface area contributed by atoms with Crippen LogP contribution in [0.3, 0.4) is 0 Å². The minimum Gasteiger partial charge on any atom is -0.391 e. The summed E-state index contributed by atoms with van der Waals surface area (Å²) in [6.45, 7) is 3.98. The third-order valence-corrected chi connectivity index (χ3v) is 5.03. The summed E-state index contributed by atoms with van der Waals surface area (Å²) in [4.78, 5) is 13.2. The lowest BCUT2D eigenvalue weighted by Gasteiger charge is -2.39. The van der Waals surface area contributed by atoms with Gasteiger partial charge in [0.15, 0.2) is 0 Å². The molecule has 1 aliphatic rings. The number of carbonyl (C=O) groups excluding carboxylic acids is 1. The van der Waals surface area contributed by atoms with E-state index in [9.17, 15) is 4.79 Å². The molecule has 0 aromatic carbocycles. The zero-order valence-corrected chi connectivity index (χ0v) is 12.7. The highest BCUT2D eigenvalue weighted by atomic mass is 32.1. The standard InChI is InChI=1S/C12H18N4OS2/c1-7-3-5-12(6-4-7,11(13)18)14-10(17)9-8(2)15-16-19-9/h7H,3-6H2,1-2H3,(H2,13,18)(H,14,17). The summed E-state index contributed by atoms with van der Waals surface area (Å²) < 4.78 is 3.78.